The van der Waals surface area contributed by atoms with Crippen molar-refractivity contribution in [3.63, 3.8) is 0 Å². The van der Waals surface area contributed by atoms with Crippen LogP contribution in [-0.2, 0) is 0 Å². The number of nitrogens with zero attached hydrogens (tertiary/aromatic N) is 2. The van der Waals surface area contributed by atoms with Gasteiger partial charge in [0.2, 0.25) is 0 Å². The predicted octanol–water partition coefficient (Wildman–Crippen LogP) is 1.02. The summed E-state index contributed by atoms with van der Waals surface area (Å²) in [4.78, 5) is 22.4. The van der Waals surface area contributed by atoms with Crippen molar-refractivity contribution in [1.29, 1.82) is 0 Å². The maximum Gasteiger partial charge on any atom is 0.264 e. The van der Waals surface area contributed by atoms with Crippen LogP contribution in [-0.4, -0.2) is 29.8 Å². The van der Waals surface area contributed by atoms with Crippen molar-refractivity contribution in [2.45, 2.75) is 0 Å². The van der Waals surface area contributed by atoms with Crippen LogP contribution in [0.5, 0.6) is 5.75 Å². The lowest BCUT2D eigenvalue weighted by Crippen LogP contribution is -2.23. The molecule has 6 nitrogen and oxygen atoms in total. The Morgan fingerprint density at radius 3 is 2.44 bits per heavy atom. The minimum atomic E-state index is -0.923. The number of halogens is 1. The summed E-state index contributed by atoms with van der Waals surface area (Å²) in [5.74, 6) is -1.54. The van der Waals surface area contributed by atoms with Gasteiger partial charge in [0.1, 0.15) is 0 Å². The fourth-order valence-corrected chi connectivity index (χ4v) is 1.33. The topological polar surface area (TPSA) is 86.5 Å². The Hall–Kier alpha value is -1.82. The lowest BCUT2D eigenvalue weighted by Gasteiger charge is -2.17. The fourth-order valence-electron chi connectivity index (χ4n) is 1.11. The highest BCUT2D eigenvalue weighted by atomic mass is 35.5. The van der Waals surface area contributed by atoms with Crippen molar-refractivity contribution < 1.29 is 14.8 Å². The highest BCUT2D eigenvalue weighted by Gasteiger charge is 2.17. The van der Waals surface area contributed by atoms with Gasteiger partial charge in [0.15, 0.2) is 0 Å². The number of amides is 1. The van der Waals surface area contributed by atoms with Gasteiger partial charge >= 0.3 is 0 Å². The summed E-state index contributed by atoms with van der Waals surface area (Å²) >= 11 is 5.60. The fraction of sp³-hybridized carbons (Fsp3) is 0.222. The second-order valence-electron chi connectivity index (χ2n) is 3.26. The van der Waals surface area contributed by atoms with Crippen LogP contribution in [0.4, 0.5) is 5.69 Å². The molecule has 1 aromatic carbocycles. The molecular formula is C9H8ClN2O4-. The van der Waals surface area contributed by atoms with Gasteiger partial charge in [-0.3, -0.25) is 14.9 Å². The zero-order valence-corrected chi connectivity index (χ0v) is 9.32. The zero-order chi connectivity index (χ0) is 12.5. The number of nitro benzene ring substituents is 1. The Kier molecular flexibility index (Phi) is 3.34. The number of benzene rings is 1. The van der Waals surface area contributed by atoms with Crippen LogP contribution in [0.3, 0.4) is 0 Å². The molecule has 0 heterocycles. The van der Waals surface area contributed by atoms with Crippen LogP contribution >= 0.6 is 11.6 Å². The first-order chi connectivity index (χ1) is 7.34. The molecule has 0 fully saturated rings. The van der Waals surface area contributed by atoms with Gasteiger partial charge in [0.25, 0.3) is 11.6 Å². The van der Waals surface area contributed by atoms with E-state index in [4.69, 9.17) is 11.6 Å². The van der Waals surface area contributed by atoms with Gasteiger partial charge in [-0.25, -0.2) is 0 Å². The van der Waals surface area contributed by atoms with Crippen LogP contribution in [0.25, 0.3) is 0 Å². The summed E-state index contributed by atoms with van der Waals surface area (Å²) in [5, 5.41) is 22.1. The molecule has 0 bridgehead atoms. The molecule has 0 unspecified atom stereocenters. The summed E-state index contributed by atoms with van der Waals surface area (Å²) in [6, 6.07) is 2.05. The molecule has 0 saturated carbocycles. The van der Waals surface area contributed by atoms with E-state index in [2.05, 4.69) is 0 Å². The lowest BCUT2D eigenvalue weighted by atomic mass is 10.1. The quantitative estimate of drug-likeness (QED) is 0.573. The number of hydrogen-bond donors (Lipinski definition) is 0. The first kappa shape index (κ1) is 12.3. The largest absolute Gasteiger partial charge is 0.867 e. The SMILES string of the molecule is CN(C)C(=O)c1cc(Cl)cc([N+](=O)[O-])c1[O-]. The van der Waals surface area contributed by atoms with E-state index in [-0.39, 0.29) is 10.6 Å². The van der Waals surface area contributed by atoms with Gasteiger partial charge in [-0.2, -0.15) is 0 Å². The summed E-state index contributed by atoms with van der Waals surface area (Å²) in [5.41, 5.74) is -0.998. The highest BCUT2D eigenvalue weighted by Crippen LogP contribution is 2.31. The molecule has 0 saturated heterocycles. The predicted molar refractivity (Wildman–Crippen MR) is 55.6 cm³/mol. The van der Waals surface area contributed by atoms with Gasteiger partial charge < -0.3 is 10.0 Å². The third kappa shape index (κ3) is 2.22. The van der Waals surface area contributed by atoms with Gasteiger partial charge in [0.05, 0.1) is 4.92 Å². The molecule has 0 spiro atoms. The molecular weight excluding hydrogens is 236 g/mol. The molecule has 0 aromatic heterocycles. The first-order valence-electron chi connectivity index (χ1n) is 4.21. The van der Waals surface area contributed by atoms with Crippen molar-refractivity contribution in [1.82, 2.24) is 4.90 Å². The Bertz CT molecular complexity index is 459. The second kappa shape index (κ2) is 4.36. The van der Waals surface area contributed by atoms with E-state index in [1.54, 1.807) is 0 Å². The summed E-state index contributed by atoms with van der Waals surface area (Å²) in [7, 11) is 2.88. The minimum absolute atomic E-state index is 0.0171. The van der Waals surface area contributed by atoms with Gasteiger partial charge in [-0.1, -0.05) is 11.6 Å². The molecule has 0 radical (unpaired) electrons. The van der Waals surface area contributed by atoms with Gasteiger partial charge in [-0.15, -0.1) is 0 Å². The molecule has 86 valence electrons. The standard InChI is InChI=1S/C9H9ClN2O4/c1-11(2)9(14)6-3-5(10)4-7(8(6)13)12(15)16/h3-4,13H,1-2H3/p-1. The van der Waals surface area contributed by atoms with Gasteiger partial charge in [0, 0.05) is 30.7 Å². The Balaban J connectivity index is 3.41. The van der Waals surface area contributed by atoms with E-state index in [1.807, 2.05) is 0 Å². The van der Waals surface area contributed by atoms with Crippen molar-refractivity contribution in [3.8, 4) is 5.75 Å². The van der Waals surface area contributed by atoms with E-state index < -0.39 is 22.3 Å². The number of nitro groups is 1. The maximum atomic E-state index is 11.6. The molecule has 0 N–H and O–H groups in total. The van der Waals surface area contributed by atoms with Crippen molar-refractivity contribution in [3.05, 3.63) is 32.8 Å². The lowest BCUT2D eigenvalue weighted by molar-refractivity contribution is -0.398. The molecule has 0 atom stereocenters. The van der Waals surface area contributed by atoms with E-state index in [1.165, 1.54) is 14.1 Å². The van der Waals surface area contributed by atoms with Gasteiger partial charge in [-0.05, 0) is 11.8 Å². The molecule has 1 aromatic rings. The molecule has 0 aliphatic carbocycles. The smallest absolute Gasteiger partial charge is 0.264 e. The number of rotatable bonds is 2. The normalized spacial score (nSPS) is 9.94. The van der Waals surface area contributed by atoms with Crippen LogP contribution in [0.15, 0.2) is 12.1 Å². The van der Waals surface area contributed by atoms with Crippen molar-refractivity contribution in [2.75, 3.05) is 14.1 Å². The Morgan fingerprint density at radius 2 is 2.00 bits per heavy atom. The van der Waals surface area contributed by atoms with E-state index in [0.717, 1.165) is 17.0 Å². The van der Waals surface area contributed by atoms with Crippen molar-refractivity contribution in [2.24, 2.45) is 0 Å². The molecule has 0 aliphatic rings. The van der Waals surface area contributed by atoms with Crippen LogP contribution in [0.1, 0.15) is 10.4 Å². The average molecular weight is 244 g/mol. The second-order valence-corrected chi connectivity index (χ2v) is 3.69. The third-order valence-corrected chi connectivity index (χ3v) is 2.09. The monoisotopic (exact) mass is 243 g/mol. The Morgan fingerprint density at radius 1 is 1.44 bits per heavy atom. The molecule has 1 amide bonds. The Labute approximate surface area is 96.2 Å². The van der Waals surface area contributed by atoms with Crippen molar-refractivity contribution >= 4 is 23.2 Å². The number of carbonyl (C=O) groups excluding carboxylic acids is 1. The number of hydrogen-bond acceptors (Lipinski definition) is 4. The number of carbonyl (C=O) groups is 1. The van der Waals surface area contributed by atoms with Crippen LogP contribution in [0, 0.1) is 10.1 Å². The van der Waals surface area contributed by atoms with Crippen LogP contribution < -0.4 is 5.11 Å². The van der Waals surface area contributed by atoms with E-state index >= 15 is 0 Å². The summed E-state index contributed by atoms with van der Waals surface area (Å²) in [6.45, 7) is 0. The summed E-state index contributed by atoms with van der Waals surface area (Å²) < 4.78 is 0. The maximum absolute atomic E-state index is 11.6. The average Bonchev–Trinajstić information content (AvgIpc) is 2.19. The zero-order valence-electron chi connectivity index (χ0n) is 8.56. The van der Waals surface area contributed by atoms with Crippen LogP contribution in [0.2, 0.25) is 5.02 Å². The highest BCUT2D eigenvalue weighted by molar-refractivity contribution is 6.31. The molecule has 1 rings (SSSR count). The molecule has 0 aliphatic heterocycles. The molecule has 16 heavy (non-hydrogen) atoms. The summed E-state index contributed by atoms with van der Waals surface area (Å²) in [6.07, 6.45) is 0. The van der Waals surface area contributed by atoms with E-state index in [0.29, 0.717) is 0 Å². The third-order valence-electron chi connectivity index (χ3n) is 1.87. The molecule has 7 heteroatoms. The minimum Gasteiger partial charge on any atom is -0.867 e. The van der Waals surface area contributed by atoms with E-state index in [9.17, 15) is 20.0 Å². The first-order valence-corrected chi connectivity index (χ1v) is 4.59.